The topological polar surface area (TPSA) is 79.6 Å². The molecule has 1 fully saturated rings. The van der Waals surface area contributed by atoms with Gasteiger partial charge in [0, 0.05) is 45.2 Å². The minimum atomic E-state index is -0.305. The highest BCUT2D eigenvalue weighted by molar-refractivity contribution is 14.0. The highest BCUT2D eigenvalue weighted by Crippen LogP contribution is 2.20. The van der Waals surface area contributed by atoms with E-state index in [9.17, 15) is 4.39 Å². The van der Waals surface area contributed by atoms with E-state index >= 15 is 0 Å². The summed E-state index contributed by atoms with van der Waals surface area (Å²) in [5, 5.41) is 15.0. The van der Waals surface area contributed by atoms with E-state index in [0.717, 1.165) is 69.3 Å². The predicted octanol–water partition coefficient (Wildman–Crippen LogP) is 2.83. The van der Waals surface area contributed by atoms with Crippen LogP contribution in [0.3, 0.4) is 0 Å². The van der Waals surface area contributed by atoms with Crippen LogP contribution in [0.1, 0.15) is 38.1 Å². The lowest BCUT2D eigenvalue weighted by molar-refractivity contribution is 0.198. The van der Waals surface area contributed by atoms with Gasteiger partial charge in [-0.05, 0) is 37.5 Å². The molecule has 2 N–H and O–H groups in total. The van der Waals surface area contributed by atoms with Crippen molar-refractivity contribution in [1.29, 1.82) is 0 Å². The Kier molecular flexibility index (Phi) is 11.1. The average molecular weight is 559 g/mol. The maximum absolute atomic E-state index is 13.9. The maximum atomic E-state index is 13.9. The van der Waals surface area contributed by atoms with Crippen LogP contribution in [0.5, 0.6) is 5.75 Å². The predicted molar refractivity (Wildman–Crippen MR) is 135 cm³/mol. The zero-order valence-electron chi connectivity index (χ0n) is 19.2. The number of halogens is 2. The molecule has 10 heteroatoms. The quantitative estimate of drug-likeness (QED) is 0.280. The van der Waals surface area contributed by atoms with E-state index in [1.165, 1.54) is 7.11 Å². The molecule has 2 heterocycles. The summed E-state index contributed by atoms with van der Waals surface area (Å²) in [6.07, 6.45) is 4.67. The maximum Gasteiger partial charge on any atom is 0.191 e. The molecule has 1 aromatic carbocycles. The van der Waals surface area contributed by atoms with Gasteiger partial charge in [0.15, 0.2) is 17.5 Å². The Morgan fingerprint density at radius 2 is 2.06 bits per heavy atom. The number of methoxy groups -OCH3 is 1. The van der Waals surface area contributed by atoms with Crippen molar-refractivity contribution in [2.24, 2.45) is 4.99 Å². The van der Waals surface area contributed by atoms with Crippen LogP contribution in [0.15, 0.2) is 29.5 Å². The molecule has 8 nitrogen and oxygen atoms in total. The van der Waals surface area contributed by atoms with Crippen molar-refractivity contribution in [3.05, 3.63) is 41.7 Å². The molecular formula is C22H35FIN7O. The van der Waals surface area contributed by atoms with Crippen molar-refractivity contribution < 1.29 is 9.13 Å². The first-order valence-electron chi connectivity index (χ1n) is 11.1. The molecule has 0 amide bonds. The zero-order chi connectivity index (χ0) is 22.1. The first-order chi connectivity index (χ1) is 15.1. The van der Waals surface area contributed by atoms with Crippen LogP contribution in [0.25, 0.3) is 0 Å². The number of piperidine rings is 1. The highest BCUT2D eigenvalue weighted by atomic mass is 127. The molecule has 2 aromatic rings. The summed E-state index contributed by atoms with van der Waals surface area (Å²) in [7, 11) is 1.48. The monoisotopic (exact) mass is 559 g/mol. The standard InChI is InChI=1S/C22H34FN7O.HI/c1-4-21-28-26-16-30(21)13-10-25-22(24-5-2)27-18-8-11-29(12-9-18)15-17-6-7-20(31-3)19(23)14-17;/h6-7,14,16,18H,4-5,8-13,15H2,1-3H3,(H2,24,25,27);1H. The molecule has 1 aliphatic rings. The number of rotatable bonds is 9. The first kappa shape index (κ1) is 26.3. The number of benzene rings is 1. The lowest BCUT2D eigenvalue weighted by Gasteiger charge is -2.33. The number of aliphatic imine (C=N–C) groups is 1. The van der Waals surface area contributed by atoms with Crippen LogP contribution in [-0.4, -0.2) is 65.0 Å². The van der Waals surface area contributed by atoms with Crippen molar-refractivity contribution in [2.75, 3.05) is 33.3 Å². The second kappa shape index (κ2) is 13.6. The fourth-order valence-electron chi connectivity index (χ4n) is 3.82. The summed E-state index contributed by atoms with van der Waals surface area (Å²) in [5.74, 6) is 1.82. The molecular weight excluding hydrogens is 524 g/mol. The first-order valence-corrected chi connectivity index (χ1v) is 11.1. The molecule has 0 unspecified atom stereocenters. The van der Waals surface area contributed by atoms with Gasteiger partial charge in [-0.2, -0.15) is 0 Å². The summed E-state index contributed by atoms with van der Waals surface area (Å²) < 4.78 is 21.0. The molecule has 0 spiro atoms. The van der Waals surface area contributed by atoms with Crippen LogP contribution in [0, 0.1) is 5.82 Å². The molecule has 1 aliphatic heterocycles. The third kappa shape index (κ3) is 7.58. The van der Waals surface area contributed by atoms with Crippen LogP contribution >= 0.6 is 24.0 Å². The van der Waals surface area contributed by atoms with Gasteiger partial charge in [0.2, 0.25) is 0 Å². The van der Waals surface area contributed by atoms with Crippen molar-refractivity contribution in [1.82, 2.24) is 30.3 Å². The largest absolute Gasteiger partial charge is 0.494 e. The van der Waals surface area contributed by atoms with E-state index in [1.807, 2.05) is 10.6 Å². The van der Waals surface area contributed by atoms with Crippen LogP contribution in [-0.2, 0) is 19.5 Å². The third-order valence-corrected chi connectivity index (χ3v) is 5.52. The van der Waals surface area contributed by atoms with Gasteiger partial charge in [-0.3, -0.25) is 9.89 Å². The Balaban J connectivity index is 0.00000363. The fourth-order valence-corrected chi connectivity index (χ4v) is 3.82. The Morgan fingerprint density at radius 3 is 2.72 bits per heavy atom. The number of hydrogen-bond acceptors (Lipinski definition) is 5. The summed E-state index contributed by atoms with van der Waals surface area (Å²) in [6, 6.07) is 5.57. The van der Waals surface area contributed by atoms with E-state index in [0.29, 0.717) is 12.6 Å². The molecule has 1 aromatic heterocycles. The van der Waals surface area contributed by atoms with E-state index in [4.69, 9.17) is 9.73 Å². The number of aryl methyl sites for hydroxylation is 1. The molecule has 1 saturated heterocycles. The van der Waals surface area contributed by atoms with Gasteiger partial charge in [-0.25, -0.2) is 4.39 Å². The number of guanidine groups is 1. The van der Waals surface area contributed by atoms with Crippen molar-refractivity contribution in [2.45, 2.75) is 52.2 Å². The Morgan fingerprint density at radius 1 is 1.28 bits per heavy atom. The van der Waals surface area contributed by atoms with Gasteiger partial charge < -0.3 is 19.9 Å². The molecule has 3 rings (SSSR count). The lowest BCUT2D eigenvalue weighted by Crippen LogP contribution is -2.48. The summed E-state index contributed by atoms with van der Waals surface area (Å²) in [6.45, 7) is 9.08. The van der Waals surface area contributed by atoms with Crippen molar-refractivity contribution >= 4 is 29.9 Å². The Bertz CT molecular complexity index is 853. The van der Waals surface area contributed by atoms with Crippen molar-refractivity contribution in [3.8, 4) is 5.75 Å². The van der Waals surface area contributed by atoms with Gasteiger partial charge in [0.25, 0.3) is 0 Å². The van der Waals surface area contributed by atoms with Crippen LogP contribution in [0.4, 0.5) is 4.39 Å². The lowest BCUT2D eigenvalue weighted by atomic mass is 10.0. The minimum Gasteiger partial charge on any atom is -0.494 e. The SMILES string of the molecule is CCNC(=NCCn1cnnc1CC)NC1CCN(Cc2ccc(OC)c(F)c2)CC1.I. The third-order valence-electron chi connectivity index (χ3n) is 5.52. The van der Waals surface area contributed by atoms with Crippen LogP contribution in [0.2, 0.25) is 0 Å². The molecule has 0 bridgehead atoms. The molecule has 0 radical (unpaired) electrons. The number of hydrogen-bond donors (Lipinski definition) is 2. The van der Waals surface area contributed by atoms with Crippen molar-refractivity contribution in [3.63, 3.8) is 0 Å². The summed E-state index contributed by atoms with van der Waals surface area (Å²) in [5.41, 5.74) is 0.972. The van der Waals surface area contributed by atoms with Gasteiger partial charge in [-0.1, -0.05) is 13.0 Å². The van der Waals surface area contributed by atoms with Gasteiger partial charge in [0.1, 0.15) is 12.2 Å². The van der Waals surface area contributed by atoms with Crippen LogP contribution < -0.4 is 15.4 Å². The van der Waals surface area contributed by atoms with E-state index < -0.39 is 0 Å². The summed E-state index contributed by atoms with van der Waals surface area (Å²) in [4.78, 5) is 7.08. The molecule has 178 valence electrons. The molecule has 0 atom stereocenters. The minimum absolute atomic E-state index is 0. The number of aromatic nitrogens is 3. The molecule has 0 aliphatic carbocycles. The number of nitrogens with one attached hydrogen (secondary N) is 2. The Labute approximate surface area is 207 Å². The number of likely N-dealkylation sites (tertiary alicyclic amines) is 1. The molecule has 0 saturated carbocycles. The second-order valence-electron chi connectivity index (χ2n) is 7.72. The fraction of sp³-hybridized carbons (Fsp3) is 0.591. The zero-order valence-corrected chi connectivity index (χ0v) is 21.5. The van der Waals surface area contributed by atoms with Gasteiger partial charge in [0.05, 0.1) is 13.7 Å². The van der Waals surface area contributed by atoms with E-state index in [2.05, 4.69) is 39.6 Å². The Hall–Kier alpha value is -1.95. The number of ether oxygens (including phenoxy) is 1. The van der Waals surface area contributed by atoms with Gasteiger partial charge in [-0.15, -0.1) is 34.2 Å². The average Bonchev–Trinajstić information content (AvgIpc) is 3.23. The van der Waals surface area contributed by atoms with E-state index in [-0.39, 0.29) is 35.5 Å². The summed E-state index contributed by atoms with van der Waals surface area (Å²) >= 11 is 0. The second-order valence-corrected chi connectivity index (χ2v) is 7.72. The smallest absolute Gasteiger partial charge is 0.191 e. The normalized spacial score (nSPS) is 15.3. The highest BCUT2D eigenvalue weighted by Gasteiger charge is 2.20. The number of nitrogens with zero attached hydrogens (tertiary/aromatic N) is 5. The van der Waals surface area contributed by atoms with Gasteiger partial charge >= 0.3 is 0 Å². The van der Waals surface area contributed by atoms with E-state index in [1.54, 1.807) is 18.5 Å². The molecule has 32 heavy (non-hydrogen) atoms.